The lowest BCUT2D eigenvalue weighted by atomic mass is 10.2. The number of halogens is 1. The molecule has 0 saturated heterocycles. The molecule has 0 aliphatic heterocycles. The Labute approximate surface area is 158 Å². The predicted molar refractivity (Wildman–Crippen MR) is 107 cm³/mol. The zero-order valence-corrected chi connectivity index (χ0v) is 15.5. The van der Waals surface area contributed by atoms with Crippen molar-refractivity contribution in [2.24, 2.45) is 0 Å². The Balaban J connectivity index is 1.66. The maximum Gasteiger partial charge on any atom is 0.257 e. The number of rotatable bonds is 5. The number of nitrogens with one attached hydrogen (secondary N) is 1. The fourth-order valence-corrected chi connectivity index (χ4v) is 2.74. The van der Waals surface area contributed by atoms with Crippen LogP contribution < -0.4 is 10.2 Å². The number of carbonyl (C=O) groups is 1. The Bertz CT molecular complexity index is 895. The SMILES string of the molecule is Cc1ccc(NC(=O)c2ccc(N(C)Cc3ccccc3)nc2)cc1Cl. The maximum atomic E-state index is 12.4. The van der Waals surface area contributed by atoms with Gasteiger partial charge in [0.25, 0.3) is 5.91 Å². The van der Waals surface area contributed by atoms with Crippen LogP contribution in [0.3, 0.4) is 0 Å². The highest BCUT2D eigenvalue weighted by Gasteiger charge is 2.09. The highest BCUT2D eigenvalue weighted by Crippen LogP contribution is 2.21. The van der Waals surface area contributed by atoms with Gasteiger partial charge in [0.1, 0.15) is 5.82 Å². The first-order chi connectivity index (χ1) is 12.5. The number of benzene rings is 2. The monoisotopic (exact) mass is 365 g/mol. The molecule has 3 aromatic rings. The molecule has 5 heteroatoms. The van der Waals surface area contributed by atoms with Gasteiger partial charge in [-0.3, -0.25) is 4.79 Å². The van der Waals surface area contributed by atoms with Crippen molar-refractivity contribution >= 4 is 29.0 Å². The third-order valence-electron chi connectivity index (χ3n) is 4.09. The number of carbonyl (C=O) groups excluding carboxylic acids is 1. The third-order valence-corrected chi connectivity index (χ3v) is 4.50. The summed E-state index contributed by atoms with van der Waals surface area (Å²) in [5.41, 5.74) is 3.33. The molecule has 4 nitrogen and oxygen atoms in total. The molecule has 1 N–H and O–H groups in total. The van der Waals surface area contributed by atoms with Crippen LogP contribution in [-0.2, 0) is 6.54 Å². The van der Waals surface area contributed by atoms with Crippen LogP contribution in [-0.4, -0.2) is 17.9 Å². The normalized spacial score (nSPS) is 10.4. The molecule has 3 rings (SSSR count). The van der Waals surface area contributed by atoms with E-state index in [1.165, 1.54) is 5.56 Å². The summed E-state index contributed by atoms with van der Waals surface area (Å²) in [6.45, 7) is 2.67. The van der Waals surface area contributed by atoms with Crippen molar-refractivity contribution in [3.8, 4) is 0 Å². The molecular weight excluding hydrogens is 346 g/mol. The van der Waals surface area contributed by atoms with Gasteiger partial charge in [-0.25, -0.2) is 4.98 Å². The minimum absolute atomic E-state index is 0.213. The Kier molecular flexibility index (Phi) is 5.54. The zero-order valence-electron chi connectivity index (χ0n) is 14.7. The van der Waals surface area contributed by atoms with Crippen molar-refractivity contribution in [3.05, 3.63) is 88.6 Å². The van der Waals surface area contributed by atoms with Gasteiger partial charge in [-0.15, -0.1) is 0 Å². The summed E-state index contributed by atoms with van der Waals surface area (Å²) in [7, 11) is 1.98. The van der Waals surface area contributed by atoms with E-state index in [1.807, 2.05) is 55.3 Å². The predicted octanol–water partition coefficient (Wildman–Crippen LogP) is 4.93. The quantitative estimate of drug-likeness (QED) is 0.697. The summed E-state index contributed by atoms with van der Waals surface area (Å²) in [5, 5.41) is 3.46. The lowest BCUT2D eigenvalue weighted by Gasteiger charge is -2.18. The second-order valence-corrected chi connectivity index (χ2v) is 6.57. The number of hydrogen-bond acceptors (Lipinski definition) is 3. The van der Waals surface area contributed by atoms with E-state index in [-0.39, 0.29) is 5.91 Å². The third kappa shape index (κ3) is 4.41. The van der Waals surface area contributed by atoms with E-state index >= 15 is 0 Å². The standard InChI is InChI=1S/C21H20ClN3O/c1-15-8-10-18(12-19(15)22)24-21(26)17-9-11-20(23-13-17)25(2)14-16-6-4-3-5-7-16/h3-13H,14H2,1-2H3,(H,24,26). The highest BCUT2D eigenvalue weighted by molar-refractivity contribution is 6.31. The Morgan fingerprint density at radius 3 is 2.54 bits per heavy atom. The number of aryl methyl sites for hydroxylation is 1. The number of hydrogen-bond donors (Lipinski definition) is 1. The van der Waals surface area contributed by atoms with Crippen LogP contribution >= 0.6 is 11.6 Å². The second-order valence-electron chi connectivity index (χ2n) is 6.16. The van der Waals surface area contributed by atoms with Gasteiger partial charge >= 0.3 is 0 Å². The van der Waals surface area contributed by atoms with Gasteiger partial charge in [-0.1, -0.05) is 48.0 Å². The Morgan fingerprint density at radius 2 is 1.88 bits per heavy atom. The molecule has 0 saturated carbocycles. The molecule has 0 unspecified atom stereocenters. The Morgan fingerprint density at radius 1 is 1.12 bits per heavy atom. The molecule has 0 spiro atoms. The van der Waals surface area contributed by atoms with Crippen molar-refractivity contribution in [1.29, 1.82) is 0 Å². The van der Waals surface area contributed by atoms with E-state index in [4.69, 9.17) is 11.6 Å². The molecule has 132 valence electrons. The highest BCUT2D eigenvalue weighted by atomic mass is 35.5. The summed E-state index contributed by atoms with van der Waals surface area (Å²) in [4.78, 5) is 18.8. The number of anilines is 2. The largest absolute Gasteiger partial charge is 0.355 e. The zero-order chi connectivity index (χ0) is 18.5. The molecule has 26 heavy (non-hydrogen) atoms. The molecular formula is C21H20ClN3O. The summed E-state index contributed by atoms with van der Waals surface area (Å²) < 4.78 is 0. The fourth-order valence-electron chi connectivity index (χ4n) is 2.56. The molecule has 0 fully saturated rings. The van der Waals surface area contributed by atoms with Crippen LogP contribution in [0, 0.1) is 6.92 Å². The van der Waals surface area contributed by atoms with Crippen LogP contribution in [0.15, 0.2) is 66.9 Å². The topological polar surface area (TPSA) is 45.2 Å². The number of aromatic nitrogens is 1. The smallest absolute Gasteiger partial charge is 0.257 e. The number of pyridine rings is 1. The summed E-state index contributed by atoms with van der Waals surface area (Å²) in [6, 6.07) is 19.2. The second kappa shape index (κ2) is 8.02. The summed E-state index contributed by atoms with van der Waals surface area (Å²) in [6.07, 6.45) is 1.59. The first-order valence-electron chi connectivity index (χ1n) is 8.31. The van der Waals surface area contributed by atoms with Crippen LogP contribution in [0.5, 0.6) is 0 Å². The van der Waals surface area contributed by atoms with E-state index in [2.05, 4.69) is 22.4 Å². The molecule has 1 amide bonds. The van der Waals surface area contributed by atoms with Crippen LogP contribution in [0.25, 0.3) is 0 Å². The van der Waals surface area contributed by atoms with Gasteiger partial charge in [-0.05, 0) is 42.3 Å². The van der Waals surface area contributed by atoms with E-state index in [9.17, 15) is 4.79 Å². The molecule has 0 radical (unpaired) electrons. The molecule has 0 aliphatic rings. The first kappa shape index (κ1) is 18.0. The van der Waals surface area contributed by atoms with Gasteiger partial charge in [-0.2, -0.15) is 0 Å². The summed E-state index contributed by atoms with van der Waals surface area (Å²) >= 11 is 6.10. The molecule has 0 bridgehead atoms. The number of nitrogens with zero attached hydrogens (tertiary/aromatic N) is 2. The van der Waals surface area contributed by atoms with Crippen molar-refractivity contribution < 1.29 is 4.79 Å². The van der Waals surface area contributed by atoms with Crippen molar-refractivity contribution in [2.45, 2.75) is 13.5 Å². The van der Waals surface area contributed by atoms with Crippen LogP contribution in [0.1, 0.15) is 21.5 Å². The Hall–Kier alpha value is -2.85. The lowest BCUT2D eigenvalue weighted by molar-refractivity contribution is 0.102. The van der Waals surface area contributed by atoms with E-state index < -0.39 is 0 Å². The van der Waals surface area contributed by atoms with E-state index in [0.717, 1.165) is 17.9 Å². The molecule has 0 atom stereocenters. The van der Waals surface area contributed by atoms with E-state index in [0.29, 0.717) is 16.3 Å². The van der Waals surface area contributed by atoms with Gasteiger partial charge in [0, 0.05) is 30.5 Å². The molecule has 0 aliphatic carbocycles. The van der Waals surface area contributed by atoms with Gasteiger partial charge in [0.15, 0.2) is 0 Å². The molecule has 1 aromatic heterocycles. The fraction of sp³-hybridized carbons (Fsp3) is 0.143. The van der Waals surface area contributed by atoms with E-state index in [1.54, 1.807) is 18.3 Å². The van der Waals surface area contributed by atoms with Crippen LogP contribution in [0.4, 0.5) is 11.5 Å². The van der Waals surface area contributed by atoms with Gasteiger partial charge in [0.05, 0.1) is 5.56 Å². The average molecular weight is 366 g/mol. The van der Waals surface area contributed by atoms with Crippen molar-refractivity contribution in [1.82, 2.24) is 4.98 Å². The minimum atomic E-state index is -0.213. The first-order valence-corrected chi connectivity index (χ1v) is 8.69. The molecule has 2 aromatic carbocycles. The van der Waals surface area contributed by atoms with Gasteiger partial charge < -0.3 is 10.2 Å². The minimum Gasteiger partial charge on any atom is -0.355 e. The maximum absolute atomic E-state index is 12.4. The van der Waals surface area contributed by atoms with Crippen molar-refractivity contribution in [3.63, 3.8) is 0 Å². The van der Waals surface area contributed by atoms with Crippen LogP contribution in [0.2, 0.25) is 5.02 Å². The van der Waals surface area contributed by atoms with Crippen molar-refractivity contribution in [2.75, 3.05) is 17.3 Å². The summed E-state index contributed by atoms with van der Waals surface area (Å²) in [5.74, 6) is 0.596. The molecule has 1 heterocycles. The van der Waals surface area contributed by atoms with Gasteiger partial charge in [0.2, 0.25) is 0 Å². The lowest BCUT2D eigenvalue weighted by Crippen LogP contribution is -2.18. The average Bonchev–Trinajstić information content (AvgIpc) is 2.65. The number of amides is 1.